The number of hydrogen-bond acceptors (Lipinski definition) is 18. The van der Waals surface area contributed by atoms with Gasteiger partial charge >= 0.3 is 0 Å². The molecule has 2 aliphatic rings. The van der Waals surface area contributed by atoms with Gasteiger partial charge in [0.15, 0.2) is 0 Å². The Morgan fingerprint density at radius 2 is 0.952 bits per heavy atom. The summed E-state index contributed by atoms with van der Waals surface area (Å²) in [6, 6.07) is 11.2. The number of hydrogen-bond donors (Lipinski definition) is 3. The molecule has 2 aliphatic heterocycles. The molecule has 4 rings (SSSR count). The number of fused-ring (bicyclic) bond motifs is 1. The van der Waals surface area contributed by atoms with E-state index < -0.39 is 29.7 Å². The predicted molar refractivity (Wildman–Crippen MR) is 227 cm³/mol. The molecule has 0 saturated carbocycles. The van der Waals surface area contributed by atoms with Gasteiger partial charge in [0.2, 0.25) is 11.8 Å². The maximum absolute atomic E-state index is 13.2. The normalized spacial score (nSPS) is 15.0. The van der Waals surface area contributed by atoms with E-state index in [1.165, 1.54) is 0 Å². The van der Waals surface area contributed by atoms with Crippen LogP contribution in [-0.4, -0.2) is 193 Å². The lowest BCUT2D eigenvalue weighted by Gasteiger charge is -2.27. The molecular weight excluding hydrogens is 828 g/mol. The summed E-state index contributed by atoms with van der Waals surface area (Å²) in [7, 11) is 0. The number of piperidine rings is 1. The highest BCUT2D eigenvalue weighted by Crippen LogP contribution is 2.32. The first-order valence-corrected chi connectivity index (χ1v) is 21.4. The summed E-state index contributed by atoms with van der Waals surface area (Å²) in [5.74, 6) is -1.52. The van der Waals surface area contributed by atoms with Gasteiger partial charge in [0.1, 0.15) is 18.4 Å². The van der Waals surface area contributed by atoms with E-state index in [0.717, 1.165) is 4.90 Å². The summed E-state index contributed by atoms with van der Waals surface area (Å²) >= 11 is 0. The van der Waals surface area contributed by atoms with Gasteiger partial charge < -0.3 is 67.9 Å². The number of carbonyl (C=O) groups excluding carboxylic acids is 4. The Hall–Kier alpha value is -4.32. The molecule has 63 heavy (non-hydrogen) atoms. The number of rotatable bonds is 39. The Kier molecular flexibility index (Phi) is 26.4. The SMILES string of the molecule is Nc1ccccc1OCCOCCOCCOCCOCCOCCOCCOCCOCCOCCOCCOCCNc1cccc2c1C(=O)N(C1CCC(=O)NC1=O)C2=O. The topological polar surface area (TPSA) is 232 Å². The first-order chi connectivity index (χ1) is 31.0. The third-order valence-corrected chi connectivity index (χ3v) is 9.15. The van der Waals surface area contributed by atoms with Gasteiger partial charge in [-0.05, 0) is 30.7 Å². The summed E-state index contributed by atoms with van der Waals surface area (Å²) in [5, 5.41) is 5.33. The number of nitrogens with one attached hydrogen (secondary N) is 2. The van der Waals surface area contributed by atoms with E-state index in [9.17, 15) is 19.2 Å². The molecule has 2 heterocycles. The number of ether oxygens (including phenoxy) is 12. The number of nitrogens with zero attached hydrogens (tertiary/aromatic N) is 1. The Labute approximate surface area is 368 Å². The van der Waals surface area contributed by atoms with Gasteiger partial charge in [0.05, 0.1) is 162 Å². The maximum atomic E-state index is 13.2. The number of benzene rings is 2. The van der Waals surface area contributed by atoms with E-state index in [2.05, 4.69) is 10.6 Å². The van der Waals surface area contributed by atoms with Crippen LogP contribution in [0.3, 0.4) is 0 Å². The summed E-state index contributed by atoms with van der Waals surface area (Å²) < 4.78 is 66.2. The van der Waals surface area contributed by atoms with Crippen LogP contribution < -0.4 is 21.1 Å². The number of nitrogen functional groups attached to an aromatic ring is 1. The van der Waals surface area contributed by atoms with Gasteiger partial charge in [0, 0.05) is 18.7 Å². The number of imide groups is 2. The second-order valence-corrected chi connectivity index (χ2v) is 13.7. The fourth-order valence-electron chi connectivity index (χ4n) is 6.04. The Balaban J connectivity index is 0.799. The summed E-state index contributed by atoms with van der Waals surface area (Å²) in [5.41, 5.74) is 7.33. The van der Waals surface area contributed by atoms with Crippen molar-refractivity contribution in [3.8, 4) is 5.75 Å². The predicted octanol–water partition coefficient (Wildman–Crippen LogP) is 1.34. The van der Waals surface area contributed by atoms with Gasteiger partial charge in [-0.1, -0.05) is 18.2 Å². The van der Waals surface area contributed by atoms with E-state index >= 15 is 0 Å². The molecule has 0 spiro atoms. The molecule has 1 saturated heterocycles. The molecule has 20 nitrogen and oxygen atoms in total. The van der Waals surface area contributed by atoms with Crippen molar-refractivity contribution in [2.45, 2.75) is 18.9 Å². The van der Waals surface area contributed by atoms with Crippen molar-refractivity contribution in [3.63, 3.8) is 0 Å². The minimum Gasteiger partial charge on any atom is -0.489 e. The first kappa shape index (κ1) is 51.3. The molecule has 4 N–H and O–H groups in total. The number of anilines is 2. The highest BCUT2D eigenvalue weighted by atomic mass is 16.6. The van der Waals surface area contributed by atoms with E-state index in [1.807, 2.05) is 18.2 Å². The van der Waals surface area contributed by atoms with E-state index in [4.69, 9.17) is 62.6 Å². The van der Waals surface area contributed by atoms with Crippen molar-refractivity contribution in [2.75, 3.05) is 170 Å². The highest BCUT2D eigenvalue weighted by Gasteiger charge is 2.45. The Bertz CT molecular complexity index is 1620. The zero-order chi connectivity index (χ0) is 44.6. The lowest BCUT2D eigenvalue weighted by atomic mass is 10.0. The van der Waals surface area contributed by atoms with Crippen LogP contribution in [0.5, 0.6) is 5.75 Å². The molecule has 4 amide bonds. The molecule has 0 aliphatic carbocycles. The molecular formula is C43H64N4O16. The maximum Gasteiger partial charge on any atom is 0.264 e. The molecule has 1 unspecified atom stereocenters. The summed E-state index contributed by atoms with van der Waals surface area (Å²) in [4.78, 5) is 50.9. The number of amides is 4. The van der Waals surface area contributed by atoms with Crippen LogP contribution in [0.4, 0.5) is 11.4 Å². The minimum atomic E-state index is -1.01. The number of carbonyl (C=O) groups is 4. The molecule has 1 atom stereocenters. The average molecular weight is 893 g/mol. The van der Waals surface area contributed by atoms with Crippen LogP contribution in [0.25, 0.3) is 0 Å². The number of nitrogens with two attached hydrogens (primary N) is 1. The van der Waals surface area contributed by atoms with Crippen LogP contribution in [0, 0.1) is 0 Å². The Morgan fingerprint density at radius 1 is 0.524 bits per heavy atom. The fraction of sp³-hybridized carbons (Fsp3) is 0.628. The van der Waals surface area contributed by atoms with Crippen LogP contribution in [0.2, 0.25) is 0 Å². The molecule has 2 aromatic rings. The van der Waals surface area contributed by atoms with Crippen molar-refractivity contribution < 1.29 is 76.0 Å². The van der Waals surface area contributed by atoms with Crippen LogP contribution in [0.15, 0.2) is 42.5 Å². The first-order valence-electron chi connectivity index (χ1n) is 21.4. The van der Waals surface area contributed by atoms with Gasteiger partial charge in [-0.15, -0.1) is 0 Å². The number of para-hydroxylation sites is 2. The standard InChI is InChI=1S/C43H64N4O16/c44-35-5-1-2-7-38(35)63-33-32-62-31-30-61-29-28-60-27-26-59-25-24-58-23-22-57-21-20-56-19-18-55-17-16-54-15-14-53-13-12-52-11-10-45-36-6-3-4-34-40(36)43(51)47(42(34)50)37-8-9-39(48)46-41(37)49/h1-7,37,45H,8-33,44H2,(H,46,48,49). The van der Waals surface area contributed by atoms with Crippen molar-refractivity contribution in [1.82, 2.24) is 10.2 Å². The zero-order valence-electron chi connectivity index (χ0n) is 36.1. The fourth-order valence-corrected chi connectivity index (χ4v) is 6.04. The van der Waals surface area contributed by atoms with Crippen molar-refractivity contribution in [3.05, 3.63) is 53.6 Å². The largest absolute Gasteiger partial charge is 0.489 e. The summed E-state index contributed by atoms with van der Waals surface area (Å²) in [6.07, 6.45) is 0.163. The van der Waals surface area contributed by atoms with Gasteiger partial charge in [-0.25, -0.2) is 0 Å². The van der Waals surface area contributed by atoms with Crippen LogP contribution in [-0.2, 0) is 61.7 Å². The van der Waals surface area contributed by atoms with E-state index in [-0.39, 0.29) is 24.0 Å². The smallest absolute Gasteiger partial charge is 0.264 e. The second-order valence-electron chi connectivity index (χ2n) is 13.7. The monoisotopic (exact) mass is 892 g/mol. The van der Waals surface area contributed by atoms with E-state index in [1.54, 1.807) is 24.3 Å². The lowest BCUT2D eigenvalue weighted by Crippen LogP contribution is -2.54. The highest BCUT2D eigenvalue weighted by molar-refractivity contribution is 6.25. The zero-order valence-corrected chi connectivity index (χ0v) is 36.1. The second kappa shape index (κ2) is 32.4. The van der Waals surface area contributed by atoms with Gasteiger partial charge in [-0.2, -0.15) is 0 Å². The third kappa shape index (κ3) is 20.4. The average Bonchev–Trinajstić information content (AvgIpc) is 3.54. The molecule has 20 heteroatoms. The van der Waals surface area contributed by atoms with Crippen molar-refractivity contribution >= 4 is 35.0 Å². The molecule has 1 fully saturated rings. The Morgan fingerprint density at radius 3 is 1.40 bits per heavy atom. The quantitative estimate of drug-likeness (QED) is 0.0488. The van der Waals surface area contributed by atoms with Gasteiger partial charge in [0.25, 0.3) is 11.8 Å². The van der Waals surface area contributed by atoms with E-state index in [0.29, 0.717) is 176 Å². The molecule has 0 bridgehead atoms. The molecule has 0 radical (unpaired) electrons. The minimum absolute atomic E-state index is 0.0628. The molecule has 2 aromatic carbocycles. The molecule has 0 aromatic heterocycles. The third-order valence-electron chi connectivity index (χ3n) is 9.15. The molecule has 352 valence electrons. The van der Waals surface area contributed by atoms with Crippen molar-refractivity contribution in [1.29, 1.82) is 0 Å². The van der Waals surface area contributed by atoms with Crippen LogP contribution >= 0.6 is 0 Å². The van der Waals surface area contributed by atoms with Crippen molar-refractivity contribution in [2.24, 2.45) is 0 Å². The summed E-state index contributed by atoms with van der Waals surface area (Å²) in [6.45, 7) is 10.7. The lowest BCUT2D eigenvalue weighted by molar-refractivity contribution is -0.136. The van der Waals surface area contributed by atoms with Crippen LogP contribution in [0.1, 0.15) is 33.6 Å². The van der Waals surface area contributed by atoms with Gasteiger partial charge in [-0.3, -0.25) is 29.4 Å².